The molecule has 1 heterocycles. The van der Waals surface area contributed by atoms with Crippen LogP contribution in [0.1, 0.15) is 20.3 Å². The van der Waals surface area contributed by atoms with Crippen LogP contribution in [0, 0.1) is 11.7 Å². The van der Waals surface area contributed by atoms with Crippen molar-refractivity contribution in [1.82, 2.24) is 9.73 Å². The molecular weight excluding hydrogens is 291 g/mol. The van der Waals surface area contributed by atoms with E-state index in [-0.39, 0.29) is 5.82 Å². The molecule has 114 valence electrons. The number of rotatable bonds is 4. The van der Waals surface area contributed by atoms with Crippen LogP contribution < -0.4 is 4.72 Å². The topological polar surface area (TPSA) is 57.1 Å². The summed E-state index contributed by atoms with van der Waals surface area (Å²) in [4.78, 5) is 4.80. The average Bonchev–Trinajstić information content (AvgIpc) is 2.96. The van der Waals surface area contributed by atoms with E-state index < -0.39 is 11.0 Å². The van der Waals surface area contributed by atoms with Gasteiger partial charge in [-0.25, -0.2) is 13.6 Å². The van der Waals surface area contributed by atoms with Crippen LogP contribution in [0.15, 0.2) is 39.3 Å². The normalized spacial score (nSPS) is 19.9. The Kier molecular flexibility index (Phi) is 5.44. The zero-order chi connectivity index (χ0) is 15.2. The fourth-order valence-electron chi connectivity index (χ4n) is 1.88. The number of nitrogens with one attached hydrogen (secondary N) is 1. The van der Waals surface area contributed by atoms with Crippen LogP contribution in [-0.4, -0.2) is 34.5 Å². The van der Waals surface area contributed by atoms with E-state index in [0.717, 1.165) is 13.0 Å². The maximum Gasteiger partial charge on any atom is 0.227 e. The van der Waals surface area contributed by atoms with Gasteiger partial charge in [0.05, 0.1) is 11.4 Å². The molecule has 0 saturated carbocycles. The molecule has 1 aliphatic rings. The molecule has 0 fully saturated rings. The van der Waals surface area contributed by atoms with Crippen LogP contribution in [0.3, 0.4) is 0 Å². The molecule has 0 amide bonds. The summed E-state index contributed by atoms with van der Waals surface area (Å²) in [6.07, 6.45) is 2.88. The quantitative estimate of drug-likeness (QED) is 0.684. The summed E-state index contributed by atoms with van der Waals surface area (Å²) >= 11 is 0. The van der Waals surface area contributed by atoms with E-state index in [0.29, 0.717) is 23.3 Å². The Labute approximate surface area is 126 Å². The second-order valence-electron chi connectivity index (χ2n) is 4.64. The zero-order valence-electron chi connectivity index (χ0n) is 12.1. The van der Waals surface area contributed by atoms with Crippen molar-refractivity contribution in [1.29, 1.82) is 0 Å². The molecule has 2 atom stereocenters. The van der Waals surface area contributed by atoms with Gasteiger partial charge in [0.2, 0.25) is 5.96 Å². The van der Waals surface area contributed by atoms with Crippen LogP contribution >= 0.6 is 0 Å². The van der Waals surface area contributed by atoms with Crippen molar-refractivity contribution in [3.8, 4) is 0 Å². The number of guanidine groups is 1. The molecule has 5 nitrogen and oxygen atoms in total. The van der Waals surface area contributed by atoms with E-state index in [9.17, 15) is 8.60 Å². The highest BCUT2D eigenvalue weighted by molar-refractivity contribution is 7.83. The SMILES string of the molecule is CCN=C(NS(=O)c1ccc(F)cc1)N1CC(CC)C=N1. The molecule has 2 rings (SSSR count). The number of hydrogen-bond donors (Lipinski definition) is 1. The molecular formula is C14H19FN4OS. The van der Waals surface area contributed by atoms with Gasteiger partial charge in [0, 0.05) is 18.7 Å². The third-order valence-electron chi connectivity index (χ3n) is 3.11. The second kappa shape index (κ2) is 7.31. The van der Waals surface area contributed by atoms with Crippen molar-refractivity contribution in [3.63, 3.8) is 0 Å². The van der Waals surface area contributed by atoms with E-state index >= 15 is 0 Å². The second-order valence-corrected chi connectivity index (χ2v) is 5.85. The summed E-state index contributed by atoms with van der Waals surface area (Å²) < 4.78 is 28.0. The van der Waals surface area contributed by atoms with Gasteiger partial charge in [-0.05, 0) is 37.6 Å². The highest BCUT2D eigenvalue weighted by Crippen LogP contribution is 2.12. The predicted molar refractivity (Wildman–Crippen MR) is 82.9 cm³/mol. The number of aliphatic imine (C=N–C) groups is 1. The highest BCUT2D eigenvalue weighted by Gasteiger charge is 2.21. The van der Waals surface area contributed by atoms with Gasteiger partial charge < -0.3 is 0 Å². The van der Waals surface area contributed by atoms with E-state index in [2.05, 4.69) is 21.7 Å². The Hall–Kier alpha value is -1.76. The standard InChI is InChI=1S/C14H19FN4OS/c1-3-11-9-17-19(10-11)14(16-4-2)18-21(20)13-7-5-12(15)6-8-13/h5-9,11H,3-4,10H2,1-2H3,(H,16,18). The summed E-state index contributed by atoms with van der Waals surface area (Å²) in [6.45, 7) is 5.29. The molecule has 0 saturated heterocycles. The van der Waals surface area contributed by atoms with Crippen molar-refractivity contribution in [2.45, 2.75) is 25.2 Å². The highest BCUT2D eigenvalue weighted by atomic mass is 32.2. The molecule has 0 spiro atoms. The molecule has 1 aromatic carbocycles. The number of hydrogen-bond acceptors (Lipinski definition) is 3. The summed E-state index contributed by atoms with van der Waals surface area (Å²) in [5.41, 5.74) is 0. The van der Waals surface area contributed by atoms with Gasteiger partial charge in [0.1, 0.15) is 5.82 Å². The molecule has 0 radical (unpaired) electrons. The Morgan fingerprint density at radius 3 is 2.76 bits per heavy atom. The Balaban J connectivity index is 2.07. The van der Waals surface area contributed by atoms with Gasteiger partial charge in [-0.3, -0.25) is 9.71 Å². The van der Waals surface area contributed by atoms with Crippen molar-refractivity contribution in [3.05, 3.63) is 30.1 Å². The molecule has 7 heteroatoms. The van der Waals surface area contributed by atoms with Crippen LogP contribution in [0.25, 0.3) is 0 Å². The van der Waals surface area contributed by atoms with Gasteiger partial charge in [0.25, 0.3) is 0 Å². The smallest absolute Gasteiger partial charge is 0.227 e. The Morgan fingerprint density at radius 2 is 2.19 bits per heavy atom. The van der Waals surface area contributed by atoms with E-state index in [1.807, 2.05) is 13.1 Å². The lowest BCUT2D eigenvalue weighted by atomic mass is 10.1. The lowest BCUT2D eigenvalue weighted by Gasteiger charge is -2.18. The minimum absolute atomic E-state index is 0.354. The first-order valence-corrected chi connectivity index (χ1v) is 8.09. The third kappa shape index (κ3) is 4.10. The zero-order valence-corrected chi connectivity index (χ0v) is 12.9. The van der Waals surface area contributed by atoms with E-state index in [1.54, 1.807) is 5.01 Å². The predicted octanol–water partition coefficient (Wildman–Crippen LogP) is 2.14. The average molecular weight is 310 g/mol. The molecule has 21 heavy (non-hydrogen) atoms. The minimum atomic E-state index is -1.50. The molecule has 1 N–H and O–H groups in total. The lowest BCUT2D eigenvalue weighted by molar-refractivity contribution is 0.431. The summed E-state index contributed by atoms with van der Waals surface area (Å²) in [7, 11) is -1.50. The fourth-order valence-corrected chi connectivity index (χ4v) is 2.72. The van der Waals surface area contributed by atoms with Crippen LogP contribution in [0.5, 0.6) is 0 Å². The minimum Gasteiger partial charge on any atom is -0.270 e. The third-order valence-corrected chi connectivity index (χ3v) is 4.18. The summed E-state index contributed by atoms with van der Waals surface area (Å²) in [6, 6.07) is 5.55. The van der Waals surface area contributed by atoms with Gasteiger partial charge in [-0.15, -0.1) is 0 Å². The molecule has 0 aliphatic carbocycles. The first-order valence-electron chi connectivity index (χ1n) is 6.94. The Morgan fingerprint density at radius 1 is 1.48 bits per heavy atom. The van der Waals surface area contributed by atoms with Crippen LogP contribution in [-0.2, 0) is 11.0 Å². The molecule has 1 aromatic rings. The molecule has 0 aromatic heterocycles. The summed E-state index contributed by atoms with van der Waals surface area (Å²) in [5.74, 6) is 0.508. The van der Waals surface area contributed by atoms with Crippen molar-refractivity contribution in [2.75, 3.05) is 13.1 Å². The van der Waals surface area contributed by atoms with Crippen molar-refractivity contribution >= 4 is 23.2 Å². The van der Waals surface area contributed by atoms with Gasteiger partial charge in [-0.2, -0.15) is 5.10 Å². The largest absolute Gasteiger partial charge is 0.270 e. The Bertz CT molecular complexity index is 559. The van der Waals surface area contributed by atoms with E-state index in [4.69, 9.17) is 0 Å². The van der Waals surface area contributed by atoms with Crippen molar-refractivity contribution < 1.29 is 8.60 Å². The van der Waals surface area contributed by atoms with Gasteiger partial charge in [0.15, 0.2) is 11.0 Å². The van der Waals surface area contributed by atoms with Gasteiger partial charge >= 0.3 is 0 Å². The van der Waals surface area contributed by atoms with Crippen molar-refractivity contribution in [2.24, 2.45) is 16.0 Å². The number of nitrogens with zero attached hydrogens (tertiary/aromatic N) is 3. The summed E-state index contributed by atoms with van der Waals surface area (Å²) in [5, 5.41) is 6.01. The first kappa shape index (κ1) is 15.6. The maximum atomic E-state index is 12.9. The number of halogens is 1. The lowest BCUT2D eigenvalue weighted by Crippen LogP contribution is -2.39. The maximum absolute atomic E-state index is 12.9. The number of hydrazone groups is 1. The molecule has 2 unspecified atom stereocenters. The van der Waals surface area contributed by atoms with Gasteiger partial charge in [-0.1, -0.05) is 6.92 Å². The van der Waals surface area contributed by atoms with E-state index in [1.165, 1.54) is 24.3 Å². The monoisotopic (exact) mass is 310 g/mol. The van der Waals surface area contributed by atoms with Crippen LogP contribution in [0.4, 0.5) is 4.39 Å². The number of benzene rings is 1. The first-order chi connectivity index (χ1) is 10.1. The van der Waals surface area contributed by atoms with Crippen LogP contribution in [0.2, 0.25) is 0 Å². The molecule has 1 aliphatic heterocycles. The fraction of sp³-hybridized carbons (Fsp3) is 0.429. The molecule has 0 bridgehead atoms.